The molecule has 0 radical (unpaired) electrons. The van der Waals surface area contributed by atoms with Crippen LogP contribution in [0.3, 0.4) is 0 Å². The van der Waals surface area contributed by atoms with Crippen LogP contribution in [0.2, 0.25) is 5.02 Å². The van der Waals surface area contributed by atoms with Gasteiger partial charge in [0.1, 0.15) is 12.4 Å². The number of halogens is 2. The Morgan fingerprint density at radius 3 is 2.44 bits per heavy atom. The second-order valence-electron chi connectivity index (χ2n) is 11.1. The molecule has 3 aromatic rings. The fourth-order valence-corrected chi connectivity index (χ4v) is 5.21. The van der Waals surface area contributed by atoms with Gasteiger partial charge in [0.2, 0.25) is 5.88 Å². The van der Waals surface area contributed by atoms with Gasteiger partial charge in [-0.1, -0.05) is 75.9 Å². The maximum atomic E-state index is 14.0. The van der Waals surface area contributed by atoms with Crippen LogP contribution in [0.25, 0.3) is 0 Å². The van der Waals surface area contributed by atoms with Crippen LogP contribution in [-0.2, 0) is 6.61 Å². The van der Waals surface area contributed by atoms with Crippen LogP contribution in [0.4, 0.5) is 10.1 Å². The molecule has 8 heteroatoms. The van der Waals surface area contributed by atoms with E-state index in [1.807, 2.05) is 37.1 Å². The number of rotatable bonds is 12. The molecule has 0 atom stereocenters. The number of aromatic nitrogens is 1. The highest BCUT2D eigenvalue weighted by atomic mass is 35.5. The van der Waals surface area contributed by atoms with E-state index in [0.29, 0.717) is 28.9 Å². The molecule has 2 aromatic carbocycles. The van der Waals surface area contributed by atoms with Crippen LogP contribution in [0.5, 0.6) is 5.88 Å². The molecule has 1 aliphatic heterocycles. The van der Waals surface area contributed by atoms with Crippen molar-refractivity contribution >= 4 is 23.3 Å². The molecule has 1 aliphatic rings. The molecule has 4 rings (SSSR count). The average molecular weight is 610 g/mol. The van der Waals surface area contributed by atoms with Gasteiger partial charge in [0.15, 0.2) is 0 Å². The van der Waals surface area contributed by atoms with E-state index in [-0.39, 0.29) is 12.2 Å². The first kappa shape index (κ1) is 34.1. The van der Waals surface area contributed by atoms with E-state index in [2.05, 4.69) is 30.3 Å². The van der Waals surface area contributed by atoms with Gasteiger partial charge >= 0.3 is 5.97 Å². The zero-order valence-corrected chi connectivity index (χ0v) is 26.7. The molecule has 6 nitrogen and oxygen atoms in total. The first-order valence-electron chi connectivity index (χ1n) is 15.1. The van der Waals surface area contributed by atoms with Gasteiger partial charge in [0.05, 0.1) is 5.56 Å². The summed E-state index contributed by atoms with van der Waals surface area (Å²) in [5.41, 5.74) is 4.43. The van der Waals surface area contributed by atoms with Crippen molar-refractivity contribution in [3.63, 3.8) is 0 Å². The van der Waals surface area contributed by atoms with E-state index < -0.39 is 11.8 Å². The number of piperidine rings is 1. The number of benzene rings is 2. The quantitative estimate of drug-likeness (QED) is 0.207. The van der Waals surface area contributed by atoms with Gasteiger partial charge in [-0.15, -0.1) is 0 Å². The second-order valence-corrected chi connectivity index (χ2v) is 11.6. The second kappa shape index (κ2) is 17.0. The smallest absolute Gasteiger partial charge is 0.335 e. The highest BCUT2D eigenvalue weighted by Crippen LogP contribution is 2.30. The molecule has 1 saturated heterocycles. The van der Waals surface area contributed by atoms with Crippen LogP contribution >= 0.6 is 11.6 Å². The summed E-state index contributed by atoms with van der Waals surface area (Å²) in [7, 11) is 1.92. The summed E-state index contributed by atoms with van der Waals surface area (Å²) >= 11 is 5.82. The number of carboxylic acid groups (broad SMARTS) is 1. The fraction of sp³-hybridized carbons (Fsp3) is 0.429. The molecule has 0 unspecified atom stereocenters. The van der Waals surface area contributed by atoms with E-state index >= 15 is 0 Å². The van der Waals surface area contributed by atoms with E-state index in [1.165, 1.54) is 31.7 Å². The number of carboxylic acids is 1. The number of ether oxygens (including phenoxy) is 1. The van der Waals surface area contributed by atoms with Crippen molar-refractivity contribution in [3.05, 3.63) is 100 Å². The average Bonchev–Trinajstić information content (AvgIpc) is 3.00. The maximum absolute atomic E-state index is 14.0. The minimum Gasteiger partial charge on any atom is -0.478 e. The summed E-state index contributed by atoms with van der Waals surface area (Å²) in [6, 6.07) is 15.4. The Morgan fingerprint density at radius 2 is 1.81 bits per heavy atom. The van der Waals surface area contributed by atoms with Crippen LogP contribution in [-0.4, -0.2) is 47.6 Å². The first-order chi connectivity index (χ1) is 20.6. The molecule has 0 aliphatic carbocycles. The van der Waals surface area contributed by atoms with Gasteiger partial charge in [-0.25, -0.2) is 14.2 Å². The van der Waals surface area contributed by atoms with Crippen molar-refractivity contribution in [1.82, 2.24) is 9.88 Å². The molecule has 2 heterocycles. The lowest BCUT2D eigenvalue weighted by Gasteiger charge is -2.34. The van der Waals surface area contributed by atoms with Crippen molar-refractivity contribution in [2.75, 3.05) is 31.6 Å². The van der Waals surface area contributed by atoms with Gasteiger partial charge in [-0.2, -0.15) is 0 Å². The lowest BCUT2D eigenvalue weighted by molar-refractivity contribution is 0.0697. The van der Waals surface area contributed by atoms with Gasteiger partial charge in [0, 0.05) is 53.2 Å². The van der Waals surface area contributed by atoms with Gasteiger partial charge < -0.3 is 14.7 Å². The maximum Gasteiger partial charge on any atom is 0.335 e. The molecule has 1 fully saturated rings. The standard InChI is InChI=1S/C29H31ClFN3O3.C6H14/c1-19-7-8-22(29(35)36)15-27(19)33(3)20(2)17-34-13-11-21(12-14-34)26-5-4-6-28(32-26)37-18-23-9-10-24(30)16-25(23)31;1-3-5-6-4-2/h4-10,15-16,21H,2,11-14,17-18H2,1,3H3,(H,35,36);3-6H2,1-2H3. The minimum absolute atomic E-state index is 0.0857. The highest BCUT2D eigenvalue weighted by molar-refractivity contribution is 6.30. The van der Waals surface area contributed by atoms with Crippen molar-refractivity contribution in [3.8, 4) is 5.88 Å². The summed E-state index contributed by atoms with van der Waals surface area (Å²) < 4.78 is 19.8. The molecule has 0 amide bonds. The van der Waals surface area contributed by atoms with Crippen molar-refractivity contribution < 1.29 is 19.0 Å². The number of anilines is 1. The number of unbranched alkanes of at least 4 members (excludes halogenated alkanes) is 3. The number of likely N-dealkylation sites (tertiary alicyclic amines) is 1. The summed E-state index contributed by atoms with van der Waals surface area (Å²) in [6.45, 7) is 13.3. The molecule has 0 spiro atoms. The Hall–Kier alpha value is -3.42. The minimum atomic E-state index is -0.942. The van der Waals surface area contributed by atoms with Gasteiger partial charge in [0.25, 0.3) is 0 Å². The molecular weight excluding hydrogens is 565 g/mol. The topological polar surface area (TPSA) is 65.9 Å². The van der Waals surface area contributed by atoms with Crippen LogP contribution < -0.4 is 9.64 Å². The van der Waals surface area contributed by atoms with Crippen LogP contribution in [0.15, 0.2) is 66.9 Å². The van der Waals surface area contributed by atoms with Crippen molar-refractivity contribution in [2.45, 2.75) is 71.8 Å². The third-order valence-corrected chi connectivity index (χ3v) is 8.03. The third-order valence-electron chi connectivity index (χ3n) is 7.80. The summed E-state index contributed by atoms with van der Waals surface area (Å²) in [5, 5.41) is 9.69. The van der Waals surface area contributed by atoms with E-state index in [4.69, 9.17) is 16.3 Å². The first-order valence-corrected chi connectivity index (χ1v) is 15.5. The molecule has 1 N–H and O–H groups in total. The number of nitrogens with zero attached hydrogens (tertiary/aromatic N) is 3. The third kappa shape index (κ3) is 10.4. The summed E-state index contributed by atoms with van der Waals surface area (Å²) in [4.78, 5) is 20.4. The predicted octanol–water partition coefficient (Wildman–Crippen LogP) is 8.88. The van der Waals surface area contributed by atoms with E-state index in [0.717, 1.165) is 48.6 Å². The number of carbonyl (C=O) groups is 1. The number of hydrogen-bond acceptors (Lipinski definition) is 5. The molecular formula is C35H45ClFN3O3. The molecule has 43 heavy (non-hydrogen) atoms. The number of pyridine rings is 1. The predicted molar refractivity (Wildman–Crippen MR) is 174 cm³/mol. The lowest BCUT2D eigenvalue weighted by atomic mass is 9.93. The Bertz CT molecular complexity index is 1350. The number of likely N-dealkylation sites (N-methyl/N-ethyl adjacent to an activating group) is 1. The summed E-state index contributed by atoms with van der Waals surface area (Å²) in [6.07, 6.45) is 7.44. The van der Waals surface area contributed by atoms with E-state index in [1.54, 1.807) is 30.3 Å². The largest absolute Gasteiger partial charge is 0.478 e. The van der Waals surface area contributed by atoms with Gasteiger partial charge in [-0.05, 0) is 68.8 Å². The molecule has 0 saturated carbocycles. The Kier molecular flexibility index (Phi) is 13.5. The Morgan fingerprint density at radius 1 is 1.12 bits per heavy atom. The molecule has 232 valence electrons. The lowest BCUT2D eigenvalue weighted by Crippen LogP contribution is -2.37. The zero-order valence-electron chi connectivity index (χ0n) is 25.9. The normalized spacial score (nSPS) is 13.6. The molecule has 1 aromatic heterocycles. The monoisotopic (exact) mass is 609 g/mol. The van der Waals surface area contributed by atoms with Crippen molar-refractivity contribution in [1.29, 1.82) is 0 Å². The number of hydrogen-bond donors (Lipinski definition) is 1. The molecule has 0 bridgehead atoms. The summed E-state index contributed by atoms with van der Waals surface area (Å²) in [5.74, 6) is -0.550. The van der Waals surface area contributed by atoms with Crippen LogP contribution in [0.1, 0.15) is 85.5 Å². The zero-order chi connectivity index (χ0) is 31.4. The highest BCUT2D eigenvalue weighted by Gasteiger charge is 2.23. The Labute approximate surface area is 261 Å². The Balaban J connectivity index is 0.000000765. The van der Waals surface area contributed by atoms with Crippen molar-refractivity contribution in [2.24, 2.45) is 0 Å². The van der Waals surface area contributed by atoms with Crippen LogP contribution in [0, 0.1) is 12.7 Å². The fourth-order valence-electron chi connectivity index (χ4n) is 5.05. The number of aromatic carboxylic acids is 1. The van der Waals surface area contributed by atoms with E-state index in [9.17, 15) is 14.3 Å². The SMILES string of the molecule is C=C(CN1CCC(c2cccc(OCc3ccc(Cl)cc3F)n2)CC1)N(C)c1cc(C(=O)O)ccc1C.CCCCCC. The van der Waals surface area contributed by atoms with Gasteiger partial charge in [-0.3, -0.25) is 4.90 Å². The number of aryl methyl sites for hydroxylation is 1.